The number of rotatable bonds is 6. The number of ketones is 1. The SMILES string of the molecule is O=C(CCC(=O)C(F)(F)S(=O)(=O)[O-])Oc1c(Br)cc(Br)cc1Br. The van der Waals surface area contributed by atoms with Crippen molar-refractivity contribution < 1.29 is 36.1 Å². The molecule has 0 bridgehead atoms. The van der Waals surface area contributed by atoms with Crippen molar-refractivity contribution >= 4 is 69.7 Å². The fourth-order valence-corrected chi connectivity index (χ4v) is 4.09. The molecule has 0 atom stereocenters. The molecule has 12 heteroatoms. The van der Waals surface area contributed by atoms with Crippen LogP contribution in [-0.4, -0.2) is 30.0 Å². The highest BCUT2D eigenvalue weighted by atomic mass is 79.9. The van der Waals surface area contributed by atoms with Gasteiger partial charge in [0.05, 0.1) is 15.4 Å². The Morgan fingerprint density at radius 2 is 1.61 bits per heavy atom. The van der Waals surface area contributed by atoms with Crippen molar-refractivity contribution in [1.29, 1.82) is 0 Å². The first-order valence-corrected chi connectivity index (χ1v) is 9.36. The van der Waals surface area contributed by atoms with E-state index >= 15 is 0 Å². The second-order valence-electron chi connectivity index (χ2n) is 4.07. The molecule has 0 unspecified atom stereocenters. The lowest BCUT2D eigenvalue weighted by Gasteiger charge is -2.18. The van der Waals surface area contributed by atoms with E-state index in [-0.39, 0.29) is 5.75 Å². The second-order valence-corrected chi connectivity index (χ2v) is 8.11. The summed E-state index contributed by atoms with van der Waals surface area (Å²) in [6.45, 7) is 0. The molecule has 0 radical (unpaired) electrons. The standard InChI is InChI=1S/C11H7Br3F2O6S/c12-5-3-6(13)10(7(14)4-5)22-9(18)2-1-8(17)11(15,16)23(19,20)21/h3-4H,1-2H2,(H,19,20,21)/p-1. The number of benzene rings is 1. The molecule has 0 aromatic heterocycles. The molecule has 0 aliphatic carbocycles. The molecule has 0 heterocycles. The summed E-state index contributed by atoms with van der Waals surface area (Å²) in [5.74, 6) is -3.17. The molecule has 6 nitrogen and oxygen atoms in total. The van der Waals surface area contributed by atoms with Gasteiger partial charge in [-0.05, 0) is 44.0 Å². The van der Waals surface area contributed by atoms with E-state index in [0.717, 1.165) is 0 Å². The molecule has 0 fully saturated rings. The van der Waals surface area contributed by atoms with Crippen LogP contribution in [0.1, 0.15) is 12.8 Å². The Morgan fingerprint density at radius 1 is 1.13 bits per heavy atom. The maximum absolute atomic E-state index is 13.0. The van der Waals surface area contributed by atoms with Gasteiger partial charge in [-0.2, -0.15) is 8.78 Å². The zero-order valence-electron chi connectivity index (χ0n) is 10.8. The fourth-order valence-electron chi connectivity index (χ4n) is 1.29. The van der Waals surface area contributed by atoms with E-state index in [1.165, 1.54) is 0 Å². The quantitative estimate of drug-likeness (QED) is 0.310. The molecule has 1 rings (SSSR count). The van der Waals surface area contributed by atoms with E-state index in [2.05, 4.69) is 47.8 Å². The molecule has 23 heavy (non-hydrogen) atoms. The van der Waals surface area contributed by atoms with Crippen molar-refractivity contribution in [2.75, 3.05) is 0 Å². The van der Waals surface area contributed by atoms with Gasteiger partial charge in [-0.25, -0.2) is 8.42 Å². The van der Waals surface area contributed by atoms with Crippen LogP contribution in [0, 0.1) is 0 Å². The van der Waals surface area contributed by atoms with Gasteiger partial charge in [0.15, 0.2) is 15.9 Å². The summed E-state index contributed by atoms with van der Waals surface area (Å²) in [5, 5.41) is -5.08. The number of esters is 1. The summed E-state index contributed by atoms with van der Waals surface area (Å²) in [4.78, 5) is 22.7. The van der Waals surface area contributed by atoms with Crippen molar-refractivity contribution in [2.24, 2.45) is 0 Å². The Kier molecular flexibility index (Phi) is 6.84. The van der Waals surface area contributed by atoms with Crippen molar-refractivity contribution in [2.45, 2.75) is 18.1 Å². The molecule has 0 N–H and O–H groups in total. The van der Waals surface area contributed by atoms with Gasteiger partial charge >= 0.3 is 11.2 Å². The highest BCUT2D eigenvalue weighted by molar-refractivity contribution is 9.11. The van der Waals surface area contributed by atoms with Gasteiger partial charge < -0.3 is 9.29 Å². The number of carbonyl (C=O) groups is 2. The van der Waals surface area contributed by atoms with Gasteiger partial charge in [0, 0.05) is 10.9 Å². The van der Waals surface area contributed by atoms with E-state index in [0.29, 0.717) is 13.4 Å². The summed E-state index contributed by atoms with van der Waals surface area (Å²) in [7, 11) is -6.13. The fraction of sp³-hybridized carbons (Fsp3) is 0.273. The molecule has 0 aliphatic rings. The van der Waals surface area contributed by atoms with Gasteiger partial charge in [-0.3, -0.25) is 9.59 Å². The largest absolute Gasteiger partial charge is 0.743 e. The Bertz CT molecular complexity index is 727. The second kappa shape index (κ2) is 7.64. The average molecular weight is 544 g/mol. The maximum Gasteiger partial charge on any atom is 0.391 e. The number of halogens is 5. The average Bonchev–Trinajstić information content (AvgIpc) is 2.38. The third-order valence-electron chi connectivity index (χ3n) is 2.37. The van der Waals surface area contributed by atoms with E-state index in [1.54, 1.807) is 12.1 Å². The monoisotopic (exact) mass is 541 g/mol. The number of ether oxygens (including phenoxy) is 1. The number of hydrogen-bond acceptors (Lipinski definition) is 6. The van der Waals surface area contributed by atoms with Crippen molar-refractivity contribution in [1.82, 2.24) is 0 Å². The van der Waals surface area contributed by atoms with Crippen LogP contribution in [0.5, 0.6) is 5.75 Å². The molecule has 0 amide bonds. The summed E-state index contributed by atoms with van der Waals surface area (Å²) in [5.41, 5.74) is 0. The molecule has 128 valence electrons. The summed E-state index contributed by atoms with van der Waals surface area (Å²) < 4.78 is 63.1. The van der Waals surface area contributed by atoms with Crippen LogP contribution in [0.25, 0.3) is 0 Å². The zero-order valence-corrected chi connectivity index (χ0v) is 16.4. The predicted octanol–water partition coefficient (Wildman–Crippen LogP) is 3.37. The molecule has 0 spiro atoms. The lowest BCUT2D eigenvalue weighted by atomic mass is 10.2. The number of hydrogen-bond donors (Lipinski definition) is 0. The lowest BCUT2D eigenvalue weighted by Crippen LogP contribution is -2.37. The van der Waals surface area contributed by atoms with E-state index in [1.807, 2.05) is 0 Å². The van der Waals surface area contributed by atoms with Crippen LogP contribution < -0.4 is 4.74 Å². The summed E-state index contributed by atoms with van der Waals surface area (Å²) in [6.07, 6.45) is -1.97. The van der Waals surface area contributed by atoms with Crippen LogP contribution in [0.4, 0.5) is 8.78 Å². The highest BCUT2D eigenvalue weighted by Gasteiger charge is 2.45. The van der Waals surface area contributed by atoms with Gasteiger partial charge in [0.2, 0.25) is 5.78 Å². The topological polar surface area (TPSA) is 101 Å². The third kappa shape index (κ3) is 5.28. The molecule has 1 aromatic rings. The van der Waals surface area contributed by atoms with Crippen molar-refractivity contribution in [3.63, 3.8) is 0 Å². The normalized spacial score (nSPS) is 12.1. The lowest BCUT2D eigenvalue weighted by molar-refractivity contribution is -0.140. The minimum absolute atomic E-state index is 0.0499. The van der Waals surface area contributed by atoms with Crippen LogP contribution in [-0.2, 0) is 19.7 Å². The van der Waals surface area contributed by atoms with Gasteiger partial charge in [0.1, 0.15) is 0 Å². The van der Waals surface area contributed by atoms with Gasteiger partial charge in [-0.15, -0.1) is 0 Å². The molecule has 0 saturated carbocycles. The maximum atomic E-state index is 13.0. The smallest absolute Gasteiger partial charge is 0.391 e. The molecular weight excluding hydrogens is 538 g/mol. The number of alkyl halides is 2. The highest BCUT2D eigenvalue weighted by Crippen LogP contribution is 2.36. The van der Waals surface area contributed by atoms with Gasteiger partial charge in [-0.1, -0.05) is 15.9 Å². The van der Waals surface area contributed by atoms with Crippen LogP contribution >= 0.6 is 47.8 Å². The van der Waals surface area contributed by atoms with Crippen molar-refractivity contribution in [3.8, 4) is 5.75 Å². The Balaban J connectivity index is 2.75. The van der Waals surface area contributed by atoms with E-state index in [9.17, 15) is 31.3 Å². The summed E-state index contributed by atoms with van der Waals surface area (Å²) in [6, 6.07) is 3.10. The van der Waals surface area contributed by atoms with E-state index in [4.69, 9.17) is 4.74 Å². The van der Waals surface area contributed by atoms with Crippen LogP contribution in [0.3, 0.4) is 0 Å². The Hall–Kier alpha value is -0.430. The first kappa shape index (κ1) is 20.6. The van der Waals surface area contributed by atoms with E-state index < -0.39 is 40.0 Å². The first-order valence-electron chi connectivity index (χ1n) is 5.58. The third-order valence-corrected chi connectivity index (χ3v) is 4.87. The molecule has 1 aromatic carbocycles. The Morgan fingerprint density at radius 3 is 2.04 bits per heavy atom. The number of carbonyl (C=O) groups excluding carboxylic acids is 2. The van der Waals surface area contributed by atoms with Crippen molar-refractivity contribution in [3.05, 3.63) is 25.6 Å². The van der Waals surface area contributed by atoms with Crippen LogP contribution in [0.15, 0.2) is 25.6 Å². The minimum atomic E-state index is -6.13. The first-order chi connectivity index (χ1) is 10.4. The molecule has 0 saturated heterocycles. The minimum Gasteiger partial charge on any atom is -0.743 e. The Labute approximate surface area is 154 Å². The predicted molar refractivity (Wildman–Crippen MR) is 84.1 cm³/mol. The van der Waals surface area contributed by atoms with Crippen LogP contribution in [0.2, 0.25) is 0 Å². The number of Topliss-reactive ketones (excluding diaryl/α,β-unsaturated/α-hetero) is 1. The molecule has 0 aliphatic heterocycles. The molecular formula is C11H6Br3F2O6S-. The van der Waals surface area contributed by atoms with Gasteiger partial charge in [0.25, 0.3) is 0 Å². The summed E-state index contributed by atoms with van der Waals surface area (Å²) >= 11 is 9.43. The zero-order chi connectivity index (χ0) is 18.0.